The summed E-state index contributed by atoms with van der Waals surface area (Å²) in [5.74, 6) is -0.630. The summed E-state index contributed by atoms with van der Waals surface area (Å²) in [6.45, 7) is 0. The molecule has 3 aromatic rings. The van der Waals surface area contributed by atoms with E-state index in [1.54, 1.807) is 24.5 Å². The van der Waals surface area contributed by atoms with Crippen LogP contribution in [0.5, 0.6) is 5.75 Å². The summed E-state index contributed by atoms with van der Waals surface area (Å²) >= 11 is 1.68. The molecule has 2 aromatic heterocycles. The van der Waals surface area contributed by atoms with Gasteiger partial charge in [-0.3, -0.25) is 4.79 Å². The van der Waals surface area contributed by atoms with Crippen molar-refractivity contribution in [2.45, 2.75) is 38.1 Å². The number of carboxylic acids is 1. The highest BCUT2D eigenvalue weighted by Gasteiger charge is 2.29. The summed E-state index contributed by atoms with van der Waals surface area (Å²) in [4.78, 5) is 26.7. The first-order valence-corrected chi connectivity index (χ1v) is 10.6. The van der Waals surface area contributed by atoms with E-state index in [0.717, 1.165) is 47.4 Å². The third-order valence-electron chi connectivity index (χ3n) is 5.86. The lowest BCUT2D eigenvalue weighted by Crippen LogP contribution is -2.19. The number of aromatic nitrogens is 1. The summed E-state index contributed by atoms with van der Waals surface area (Å²) in [6, 6.07) is 5.82. The van der Waals surface area contributed by atoms with Gasteiger partial charge in [0.05, 0.1) is 23.7 Å². The van der Waals surface area contributed by atoms with Crippen LogP contribution in [0, 0.1) is 0 Å². The van der Waals surface area contributed by atoms with E-state index in [0.29, 0.717) is 23.1 Å². The summed E-state index contributed by atoms with van der Waals surface area (Å²) in [5, 5.41) is 22.3. The number of ether oxygens (including phenoxy) is 1. The Kier molecular flexibility index (Phi) is 4.39. The molecular weight excluding hydrogens is 404 g/mol. The number of aromatic carboxylic acids is 1. The minimum absolute atomic E-state index is 0.176. The van der Waals surface area contributed by atoms with Crippen LogP contribution in [0.3, 0.4) is 0 Å². The molecule has 0 spiro atoms. The van der Waals surface area contributed by atoms with Crippen molar-refractivity contribution in [2.24, 2.45) is 5.16 Å². The molecule has 1 fully saturated rings. The van der Waals surface area contributed by atoms with Crippen LogP contribution in [-0.2, 0) is 12.8 Å². The highest BCUT2D eigenvalue weighted by atomic mass is 32.1. The number of nitrogens with zero attached hydrogens (tertiary/aromatic N) is 2. The molecule has 1 aromatic carbocycles. The maximum Gasteiger partial charge on any atom is 0.341 e. The lowest BCUT2D eigenvalue weighted by Gasteiger charge is -2.17. The molecule has 1 saturated carbocycles. The predicted octanol–water partition coefficient (Wildman–Crippen LogP) is 4.09. The number of pyridine rings is 1. The standard InChI is InChI=1S/C22H20N2O5S/c1-29-21-14(18-9-11-8-12(23-28)2-7-17(11)30-18)5-6-15-19(21)24(13-3-4-13)10-16(20(15)25)22(26)27/h5-6,9-10,13,28H,2-4,7-8H2,1H3,(H,26,27). The lowest BCUT2D eigenvalue weighted by atomic mass is 9.96. The Balaban J connectivity index is 1.75. The molecule has 0 aliphatic heterocycles. The molecule has 0 radical (unpaired) electrons. The smallest absolute Gasteiger partial charge is 0.341 e. The van der Waals surface area contributed by atoms with Crippen LogP contribution in [-0.4, -0.2) is 33.7 Å². The van der Waals surface area contributed by atoms with E-state index in [1.807, 2.05) is 10.6 Å². The van der Waals surface area contributed by atoms with Crippen molar-refractivity contribution in [3.05, 3.63) is 50.6 Å². The summed E-state index contributed by atoms with van der Waals surface area (Å²) in [6.07, 6.45) is 5.57. The molecule has 0 amide bonds. The van der Waals surface area contributed by atoms with Gasteiger partial charge in [-0.25, -0.2) is 4.79 Å². The topological polar surface area (TPSA) is 101 Å². The van der Waals surface area contributed by atoms with Gasteiger partial charge in [-0.05, 0) is 49.4 Å². The van der Waals surface area contributed by atoms with E-state index in [4.69, 9.17) is 9.94 Å². The third kappa shape index (κ3) is 2.90. The number of hydrogen-bond donors (Lipinski definition) is 2. The average Bonchev–Trinajstić information content (AvgIpc) is 3.50. The molecule has 5 rings (SSSR count). The molecule has 154 valence electrons. The van der Waals surface area contributed by atoms with E-state index in [-0.39, 0.29) is 11.6 Å². The molecule has 0 saturated heterocycles. The minimum atomic E-state index is -1.22. The van der Waals surface area contributed by atoms with Gasteiger partial charge in [0.25, 0.3) is 0 Å². The fourth-order valence-electron chi connectivity index (χ4n) is 4.22. The normalized spacial score (nSPS) is 17.3. The molecule has 2 aliphatic carbocycles. The van der Waals surface area contributed by atoms with E-state index in [1.165, 1.54) is 11.1 Å². The minimum Gasteiger partial charge on any atom is -0.494 e. The SMILES string of the molecule is COc1c(-c2cc3c(s2)CCC(=NO)C3)ccc2c(=O)c(C(=O)O)cn(C3CC3)c12. The molecule has 2 heterocycles. The first kappa shape index (κ1) is 18.9. The van der Waals surface area contributed by atoms with E-state index >= 15 is 0 Å². The first-order chi connectivity index (χ1) is 14.5. The summed E-state index contributed by atoms with van der Waals surface area (Å²) < 4.78 is 7.69. The van der Waals surface area contributed by atoms with Crippen molar-refractivity contribution < 1.29 is 19.8 Å². The van der Waals surface area contributed by atoms with Gasteiger partial charge in [-0.15, -0.1) is 11.3 Å². The fourth-order valence-corrected chi connectivity index (χ4v) is 5.43. The zero-order valence-electron chi connectivity index (χ0n) is 16.3. The van der Waals surface area contributed by atoms with Gasteiger partial charge >= 0.3 is 5.97 Å². The molecule has 2 aliphatic rings. The number of hydrogen-bond acceptors (Lipinski definition) is 6. The molecule has 8 heteroatoms. The van der Waals surface area contributed by atoms with E-state index in [2.05, 4.69) is 11.2 Å². The summed E-state index contributed by atoms with van der Waals surface area (Å²) in [5.41, 5.74) is 2.75. The highest BCUT2D eigenvalue weighted by Crippen LogP contribution is 2.45. The molecule has 30 heavy (non-hydrogen) atoms. The Labute approximate surface area is 175 Å². The van der Waals surface area contributed by atoms with Gasteiger partial charge in [-0.2, -0.15) is 0 Å². The van der Waals surface area contributed by atoms with Crippen LogP contribution in [0.1, 0.15) is 46.1 Å². The second-order valence-electron chi connectivity index (χ2n) is 7.76. The second-order valence-corrected chi connectivity index (χ2v) is 8.90. The van der Waals surface area contributed by atoms with Crippen molar-refractivity contribution in [3.63, 3.8) is 0 Å². The van der Waals surface area contributed by atoms with Crippen LogP contribution < -0.4 is 10.2 Å². The van der Waals surface area contributed by atoms with Crippen LogP contribution in [0.25, 0.3) is 21.3 Å². The van der Waals surface area contributed by atoms with Crippen molar-refractivity contribution >= 4 is 33.9 Å². The van der Waals surface area contributed by atoms with Crippen molar-refractivity contribution in [3.8, 4) is 16.2 Å². The number of aryl methyl sites for hydroxylation is 1. The maximum atomic E-state index is 12.8. The Morgan fingerprint density at radius 2 is 2.10 bits per heavy atom. The van der Waals surface area contributed by atoms with Crippen LogP contribution >= 0.6 is 11.3 Å². The Hall–Kier alpha value is -3.13. The number of benzene rings is 1. The van der Waals surface area contributed by atoms with Crippen LogP contribution in [0.4, 0.5) is 0 Å². The monoisotopic (exact) mass is 424 g/mol. The predicted molar refractivity (Wildman–Crippen MR) is 115 cm³/mol. The van der Waals surface area contributed by atoms with Gasteiger partial charge in [-0.1, -0.05) is 5.16 Å². The molecular formula is C22H20N2O5S. The molecule has 0 unspecified atom stereocenters. The zero-order valence-corrected chi connectivity index (χ0v) is 17.2. The number of fused-ring (bicyclic) bond motifs is 2. The number of rotatable bonds is 4. The molecule has 2 N–H and O–H groups in total. The molecule has 0 atom stereocenters. The lowest BCUT2D eigenvalue weighted by molar-refractivity contribution is 0.0695. The molecule has 7 nitrogen and oxygen atoms in total. The number of carboxylic acid groups (broad SMARTS) is 1. The van der Waals surface area contributed by atoms with Crippen molar-refractivity contribution in [1.82, 2.24) is 4.57 Å². The summed E-state index contributed by atoms with van der Waals surface area (Å²) in [7, 11) is 1.58. The maximum absolute atomic E-state index is 12.8. The van der Waals surface area contributed by atoms with Gasteiger partial charge in [0.2, 0.25) is 5.43 Å². The number of oxime groups is 1. The Morgan fingerprint density at radius 1 is 1.30 bits per heavy atom. The highest BCUT2D eigenvalue weighted by molar-refractivity contribution is 7.15. The quantitative estimate of drug-likeness (QED) is 0.485. The number of carbonyl (C=O) groups is 1. The van der Waals surface area contributed by atoms with E-state index in [9.17, 15) is 14.7 Å². The van der Waals surface area contributed by atoms with E-state index < -0.39 is 11.4 Å². The van der Waals surface area contributed by atoms with Gasteiger partial charge in [0, 0.05) is 34.0 Å². The van der Waals surface area contributed by atoms with Crippen LogP contribution in [0.2, 0.25) is 0 Å². The second kappa shape index (κ2) is 6.98. The average molecular weight is 424 g/mol. The van der Waals surface area contributed by atoms with Crippen molar-refractivity contribution in [1.29, 1.82) is 0 Å². The molecule has 0 bridgehead atoms. The Morgan fingerprint density at radius 3 is 2.77 bits per heavy atom. The van der Waals surface area contributed by atoms with Gasteiger partial charge < -0.3 is 19.6 Å². The van der Waals surface area contributed by atoms with Crippen LogP contribution in [0.15, 0.2) is 34.3 Å². The van der Waals surface area contributed by atoms with Gasteiger partial charge in [0.1, 0.15) is 5.56 Å². The third-order valence-corrected chi connectivity index (χ3v) is 7.13. The number of methoxy groups -OCH3 is 1. The number of thiophene rings is 1. The van der Waals surface area contributed by atoms with Gasteiger partial charge in [0.15, 0.2) is 5.75 Å². The largest absolute Gasteiger partial charge is 0.494 e. The Bertz CT molecular complexity index is 1280. The fraction of sp³-hybridized carbons (Fsp3) is 0.318. The zero-order chi connectivity index (χ0) is 21.0. The first-order valence-electron chi connectivity index (χ1n) is 9.82. The van der Waals surface area contributed by atoms with Crippen molar-refractivity contribution in [2.75, 3.05) is 7.11 Å².